The molecular weight excluding hydrogens is 228 g/mol. The lowest BCUT2D eigenvalue weighted by Crippen LogP contribution is -2.47. The Morgan fingerprint density at radius 1 is 1.56 bits per heavy atom. The van der Waals surface area contributed by atoms with Gasteiger partial charge in [0.2, 0.25) is 5.96 Å². The number of hydrazine groups is 1. The Morgan fingerprint density at radius 3 is 2.62 bits per heavy atom. The molecule has 96 valence electrons. The molecule has 4 N–H and O–H groups in total. The van der Waals surface area contributed by atoms with Crippen LogP contribution in [0.2, 0.25) is 0 Å². The maximum Gasteiger partial charge on any atom is 0.206 e. The number of rotatable bonds is 6. The van der Waals surface area contributed by atoms with Crippen LogP contribution in [-0.4, -0.2) is 48.0 Å². The average molecular weight is 250 g/mol. The molecule has 0 amide bonds. The first-order chi connectivity index (χ1) is 7.49. The van der Waals surface area contributed by atoms with Crippen molar-refractivity contribution in [2.75, 3.05) is 25.7 Å². The molecule has 0 aliphatic heterocycles. The number of guanidine groups is 1. The van der Waals surface area contributed by atoms with E-state index in [4.69, 9.17) is 10.6 Å². The SMILES string of the molecule is COCC(C)N=C(NN)NC(C)CS(C)=O. The number of nitrogens with one attached hydrogen (secondary N) is 2. The van der Waals surface area contributed by atoms with E-state index in [1.165, 1.54) is 0 Å². The van der Waals surface area contributed by atoms with Crippen molar-refractivity contribution in [3.63, 3.8) is 0 Å². The molecule has 6 nitrogen and oxygen atoms in total. The summed E-state index contributed by atoms with van der Waals surface area (Å²) in [5, 5.41) is 3.05. The lowest BCUT2D eigenvalue weighted by molar-refractivity contribution is 0.185. The fourth-order valence-corrected chi connectivity index (χ4v) is 2.03. The number of nitrogens with two attached hydrogens (primary N) is 1. The minimum Gasteiger partial charge on any atom is -0.382 e. The van der Waals surface area contributed by atoms with E-state index in [0.29, 0.717) is 18.3 Å². The normalized spacial score (nSPS) is 17.7. The highest BCUT2D eigenvalue weighted by molar-refractivity contribution is 7.84. The van der Waals surface area contributed by atoms with E-state index in [0.717, 1.165) is 0 Å². The van der Waals surface area contributed by atoms with Gasteiger partial charge < -0.3 is 10.1 Å². The lowest BCUT2D eigenvalue weighted by atomic mass is 10.4. The molecule has 7 heteroatoms. The predicted molar refractivity (Wildman–Crippen MR) is 67.6 cm³/mol. The fraction of sp³-hybridized carbons (Fsp3) is 0.889. The van der Waals surface area contributed by atoms with Gasteiger partial charge in [-0.05, 0) is 13.8 Å². The van der Waals surface area contributed by atoms with Crippen LogP contribution in [0.1, 0.15) is 13.8 Å². The topological polar surface area (TPSA) is 88.7 Å². The number of methoxy groups -OCH3 is 1. The second-order valence-electron chi connectivity index (χ2n) is 3.71. The molecule has 0 aromatic rings. The van der Waals surface area contributed by atoms with Crippen molar-refractivity contribution in [1.82, 2.24) is 10.7 Å². The van der Waals surface area contributed by atoms with Gasteiger partial charge in [0, 0.05) is 36.0 Å². The Bertz CT molecular complexity index is 248. The van der Waals surface area contributed by atoms with Crippen LogP contribution >= 0.6 is 0 Å². The third-order valence-electron chi connectivity index (χ3n) is 1.76. The highest BCUT2D eigenvalue weighted by atomic mass is 32.2. The third-order valence-corrected chi connectivity index (χ3v) is 2.73. The Kier molecular flexibility index (Phi) is 8.14. The highest BCUT2D eigenvalue weighted by Crippen LogP contribution is 1.91. The molecule has 0 fully saturated rings. The van der Waals surface area contributed by atoms with Crippen LogP contribution in [0.15, 0.2) is 4.99 Å². The molecule has 3 unspecified atom stereocenters. The summed E-state index contributed by atoms with van der Waals surface area (Å²) < 4.78 is 16.0. The van der Waals surface area contributed by atoms with E-state index in [1.54, 1.807) is 13.4 Å². The summed E-state index contributed by atoms with van der Waals surface area (Å²) in [6.07, 6.45) is 1.67. The van der Waals surface area contributed by atoms with Crippen molar-refractivity contribution in [1.29, 1.82) is 0 Å². The van der Waals surface area contributed by atoms with Crippen molar-refractivity contribution in [2.45, 2.75) is 25.9 Å². The number of nitrogens with zero attached hydrogens (tertiary/aromatic N) is 1. The van der Waals surface area contributed by atoms with Crippen molar-refractivity contribution in [3.05, 3.63) is 0 Å². The van der Waals surface area contributed by atoms with Crippen LogP contribution in [0, 0.1) is 0 Å². The Balaban J connectivity index is 4.22. The molecule has 0 heterocycles. The van der Waals surface area contributed by atoms with Gasteiger partial charge in [0.15, 0.2) is 0 Å². The summed E-state index contributed by atoms with van der Waals surface area (Å²) in [4.78, 5) is 4.28. The lowest BCUT2D eigenvalue weighted by Gasteiger charge is -2.16. The van der Waals surface area contributed by atoms with E-state index in [9.17, 15) is 4.21 Å². The zero-order valence-corrected chi connectivity index (χ0v) is 11.1. The van der Waals surface area contributed by atoms with Crippen LogP contribution in [0.4, 0.5) is 0 Å². The van der Waals surface area contributed by atoms with E-state index < -0.39 is 10.8 Å². The van der Waals surface area contributed by atoms with E-state index in [2.05, 4.69) is 15.7 Å². The number of hydrogen-bond donors (Lipinski definition) is 3. The summed E-state index contributed by atoms with van der Waals surface area (Å²) in [5.41, 5.74) is 2.48. The first kappa shape index (κ1) is 15.3. The van der Waals surface area contributed by atoms with E-state index in [-0.39, 0.29) is 12.1 Å². The summed E-state index contributed by atoms with van der Waals surface area (Å²) in [5.74, 6) is 6.38. The molecular formula is C9H22N4O2S. The standard InChI is InChI=1S/C9H22N4O2S/c1-7(5-15-3)11-9(13-10)12-8(2)6-16(4)14/h7-8H,5-6,10H2,1-4H3,(H2,11,12,13). The molecule has 0 saturated carbocycles. The van der Waals surface area contributed by atoms with Gasteiger partial charge in [-0.25, -0.2) is 10.8 Å². The second-order valence-corrected chi connectivity index (χ2v) is 5.19. The van der Waals surface area contributed by atoms with Crippen molar-refractivity contribution >= 4 is 16.8 Å². The zero-order chi connectivity index (χ0) is 12.6. The Labute approximate surface area is 99.5 Å². The Hall–Kier alpha value is -0.660. The number of ether oxygens (including phenoxy) is 1. The van der Waals surface area contributed by atoms with Gasteiger partial charge in [-0.1, -0.05) is 0 Å². The van der Waals surface area contributed by atoms with Gasteiger partial charge in [0.1, 0.15) is 0 Å². The molecule has 0 spiro atoms. The smallest absolute Gasteiger partial charge is 0.206 e. The zero-order valence-electron chi connectivity index (χ0n) is 10.3. The van der Waals surface area contributed by atoms with Crippen LogP contribution in [0.3, 0.4) is 0 Å². The first-order valence-corrected chi connectivity index (χ1v) is 6.82. The van der Waals surface area contributed by atoms with Crippen LogP contribution < -0.4 is 16.6 Å². The molecule has 0 aliphatic carbocycles. The van der Waals surface area contributed by atoms with Crippen molar-refractivity contribution in [3.8, 4) is 0 Å². The van der Waals surface area contributed by atoms with E-state index in [1.807, 2.05) is 13.8 Å². The molecule has 0 rings (SSSR count). The average Bonchev–Trinajstić information content (AvgIpc) is 2.15. The molecule has 16 heavy (non-hydrogen) atoms. The molecule has 3 atom stereocenters. The number of hydrogen-bond acceptors (Lipinski definition) is 4. The molecule has 0 aliphatic rings. The minimum atomic E-state index is -0.841. The largest absolute Gasteiger partial charge is 0.382 e. The van der Waals surface area contributed by atoms with Crippen LogP contribution in [-0.2, 0) is 15.5 Å². The van der Waals surface area contributed by atoms with Crippen molar-refractivity contribution in [2.24, 2.45) is 10.8 Å². The molecule has 0 bridgehead atoms. The number of aliphatic imine (C=N–C) groups is 1. The summed E-state index contributed by atoms with van der Waals surface area (Å²) in [6.45, 7) is 4.38. The van der Waals surface area contributed by atoms with Crippen LogP contribution in [0.25, 0.3) is 0 Å². The maximum absolute atomic E-state index is 11.0. The van der Waals surface area contributed by atoms with Gasteiger partial charge in [-0.3, -0.25) is 9.63 Å². The van der Waals surface area contributed by atoms with E-state index >= 15 is 0 Å². The second kappa shape index (κ2) is 8.49. The van der Waals surface area contributed by atoms with Crippen LogP contribution in [0.5, 0.6) is 0 Å². The quantitative estimate of drug-likeness (QED) is 0.248. The molecule has 0 aromatic heterocycles. The molecule has 0 aromatic carbocycles. The Morgan fingerprint density at radius 2 is 2.19 bits per heavy atom. The van der Waals surface area contributed by atoms with Gasteiger partial charge in [0.25, 0.3) is 0 Å². The van der Waals surface area contributed by atoms with Crippen molar-refractivity contribution < 1.29 is 8.95 Å². The fourth-order valence-electron chi connectivity index (χ4n) is 1.24. The summed E-state index contributed by atoms with van der Waals surface area (Å²) in [7, 11) is 0.782. The highest BCUT2D eigenvalue weighted by Gasteiger charge is 2.07. The van der Waals surface area contributed by atoms with Gasteiger partial charge in [-0.2, -0.15) is 0 Å². The van der Waals surface area contributed by atoms with Gasteiger partial charge in [-0.15, -0.1) is 0 Å². The summed E-state index contributed by atoms with van der Waals surface area (Å²) in [6, 6.07) is 0.0678. The van der Waals surface area contributed by atoms with Gasteiger partial charge in [0.05, 0.1) is 12.6 Å². The first-order valence-electron chi connectivity index (χ1n) is 5.09. The minimum absolute atomic E-state index is 0.0165. The molecule has 0 saturated heterocycles. The van der Waals surface area contributed by atoms with Gasteiger partial charge >= 0.3 is 0 Å². The monoisotopic (exact) mass is 250 g/mol. The summed E-state index contributed by atoms with van der Waals surface area (Å²) >= 11 is 0. The third kappa shape index (κ3) is 7.61. The maximum atomic E-state index is 11.0. The molecule has 0 radical (unpaired) electrons. The predicted octanol–water partition coefficient (Wildman–Crippen LogP) is -0.803.